The fraction of sp³-hybridized carbons (Fsp3) is 0.100. The molecule has 0 aliphatic heterocycles. The van der Waals surface area contributed by atoms with E-state index in [0.29, 0.717) is 17.0 Å². The number of benzene rings is 3. The van der Waals surface area contributed by atoms with Gasteiger partial charge in [-0.2, -0.15) is 5.10 Å². The minimum atomic E-state index is -0.385. The maximum absolute atomic E-state index is 13.2. The van der Waals surface area contributed by atoms with Gasteiger partial charge in [0.05, 0.1) is 5.71 Å². The Morgan fingerprint density at radius 3 is 2.64 bits per heavy atom. The van der Waals surface area contributed by atoms with Gasteiger partial charge in [0.15, 0.2) is 6.61 Å². The van der Waals surface area contributed by atoms with Crippen LogP contribution in [0.4, 0.5) is 4.39 Å². The number of nitrogens with zero attached hydrogens (tertiary/aromatic N) is 1. The van der Waals surface area contributed by atoms with E-state index in [1.807, 2.05) is 42.5 Å². The van der Waals surface area contributed by atoms with Crippen molar-refractivity contribution in [2.45, 2.75) is 6.92 Å². The van der Waals surface area contributed by atoms with Gasteiger partial charge in [-0.25, -0.2) is 9.82 Å². The number of carbonyl (C=O) groups is 1. The molecule has 1 amide bonds. The molecule has 3 aromatic rings. The Morgan fingerprint density at radius 2 is 1.84 bits per heavy atom. The normalized spacial score (nSPS) is 11.4. The molecule has 0 aliphatic rings. The summed E-state index contributed by atoms with van der Waals surface area (Å²) in [6, 6.07) is 19.6. The molecule has 126 valence electrons. The lowest BCUT2D eigenvalue weighted by atomic mass is 10.1. The molecule has 1 N–H and O–H groups in total. The monoisotopic (exact) mass is 336 g/mol. The van der Waals surface area contributed by atoms with Crippen molar-refractivity contribution in [2.75, 3.05) is 6.61 Å². The average molecular weight is 336 g/mol. The maximum Gasteiger partial charge on any atom is 0.277 e. The number of halogens is 1. The SMILES string of the molecule is C/C(=N\NC(=O)COc1ccc2ccccc2c1)c1cccc(F)c1. The van der Waals surface area contributed by atoms with Crippen LogP contribution in [-0.2, 0) is 4.79 Å². The van der Waals surface area contributed by atoms with Crippen LogP contribution >= 0.6 is 0 Å². The second-order valence-electron chi connectivity index (χ2n) is 5.54. The fourth-order valence-electron chi connectivity index (χ4n) is 2.36. The smallest absolute Gasteiger partial charge is 0.277 e. The molecular weight excluding hydrogens is 319 g/mol. The van der Waals surface area contributed by atoms with Crippen LogP contribution in [0.15, 0.2) is 71.8 Å². The van der Waals surface area contributed by atoms with Gasteiger partial charge in [0, 0.05) is 5.56 Å². The van der Waals surface area contributed by atoms with E-state index < -0.39 is 0 Å². The van der Waals surface area contributed by atoms with Crippen LogP contribution in [0.5, 0.6) is 5.75 Å². The molecule has 4 nitrogen and oxygen atoms in total. The zero-order chi connectivity index (χ0) is 17.6. The minimum absolute atomic E-state index is 0.154. The number of amides is 1. The van der Waals surface area contributed by atoms with Gasteiger partial charge in [-0.3, -0.25) is 4.79 Å². The van der Waals surface area contributed by atoms with Crippen molar-refractivity contribution in [3.63, 3.8) is 0 Å². The summed E-state index contributed by atoms with van der Waals surface area (Å²) in [5.74, 6) is -0.124. The van der Waals surface area contributed by atoms with Crippen molar-refractivity contribution in [2.24, 2.45) is 5.10 Å². The molecule has 0 saturated carbocycles. The lowest BCUT2D eigenvalue weighted by Gasteiger charge is -2.07. The van der Waals surface area contributed by atoms with E-state index in [9.17, 15) is 9.18 Å². The molecule has 0 unspecified atom stereocenters. The van der Waals surface area contributed by atoms with Gasteiger partial charge in [0.25, 0.3) is 5.91 Å². The first-order chi connectivity index (χ1) is 12.1. The summed E-state index contributed by atoms with van der Waals surface area (Å²) in [4.78, 5) is 11.9. The fourth-order valence-corrected chi connectivity index (χ4v) is 2.36. The first-order valence-electron chi connectivity index (χ1n) is 7.82. The highest BCUT2D eigenvalue weighted by atomic mass is 19.1. The van der Waals surface area contributed by atoms with E-state index >= 15 is 0 Å². The van der Waals surface area contributed by atoms with E-state index in [-0.39, 0.29) is 18.3 Å². The summed E-state index contributed by atoms with van der Waals surface area (Å²) in [5, 5.41) is 6.12. The Balaban J connectivity index is 1.57. The van der Waals surface area contributed by atoms with Crippen molar-refractivity contribution in [1.29, 1.82) is 0 Å². The largest absolute Gasteiger partial charge is 0.484 e. The van der Waals surface area contributed by atoms with Gasteiger partial charge in [0.1, 0.15) is 11.6 Å². The number of hydrogen-bond acceptors (Lipinski definition) is 3. The van der Waals surface area contributed by atoms with Gasteiger partial charge in [0.2, 0.25) is 0 Å². The van der Waals surface area contributed by atoms with Crippen molar-refractivity contribution in [1.82, 2.24) is 5.43 Å². The molecule has 0 heterocycles. The number of rotatable bonds is 5. The van der Waals surface area contributed by atoms with Gasteiger partial charge < -0.3 is 4.74 Å². The molecule has 3 rings (SSSR count). The second-order valence-corrected chi connectivity index (χ2v) is 5.54. The van der Waals surface area contributed by atoms with Gasteiger partial charge >= 0.3 is 0 Å². The van der Waals surface area contributed by atoms with Crippen molar-refractivity contribution in [3.8, 4) is 5.75 Å². The molecule has 0 radical (unpaired) electrons. The third kappa shape index (κ3) is 4.41. The molecule has 0 atom stereocenters. The molecule has 0 spiro atoms. The molecule has 5 heteroatoms. The molecule has 0 saturated heterocycles. The third-order valence-electron chi connectivity index (χ3n) is 3.68. The van der Waals surface area contributed by atoms with E-state index in [1.54, 1.807) is 19.1 Å². The molecule has 3 aromatic carbocycles. The van der Waals surface area contributed by atoms with Crippen molar-refractivity contribution >= 4 is 22.4 Å². The van der Waals surface area contributed by atoms with E-state index in [4.69, 9.17) is 4.74 Å². The Kier molecular flexibility index (Phi) is 5.04. The lowest BCUT2D eigenvalue weighted by Crippen LogP contribution is -2.25. The van der Waals surface area contributed by atoms with Crippen LogP contribution < -0.4 is 10.2 Å². The topological polar surface area (TPSA) is 50.7 Å². The number of fused-ring (bicyclic) bond motifs is 1. The molecular formula is C20H17FN2O2. The number of hydrogen-bond donors (Lipinski definition) is 1. The summed E-state index contributed by atoms with van der Waals surface area (Å²) in [7, 11) is 0. The van der Waals surface area contributed by atoms with E-state index in [1.165, 1.54) is 12.1 Å². The van der Waals surface area contributed by atoms with E-state index in [0.717, 1.165) is 10.8 Å². The quantitative estimate of drug-likeness (QED) is 0.567. The maximum atomic E-state index is 13.2. The molecule has 0 bridgehead atoms. The molecule has 25 heavy (non-hydrogen) atoms. The first kappa shape index (κ1) is 16.6. The van der Waals surface area contributed by atoms with Crippen LogP contribution in [0, 0.1) is 5.82 Å². The van der Waals surface area contributed by atoms with Crippen LogP contribution in [0.25, 0.3) is 10.8 Å². The van der Waals surface area contributed by atoms with Crippen LogP contribution in [0.1, 0.15) is 12.5 Å². The van der Waals surface area contributed by atoms with Gasteiger partial charge in [-0.1, -0.05) is 42.5 Å². The van der Waals surface area contributed by atoms with Crippen molar-refractivity contribution < 1.29 is 13.9 Å². The average Bonchev–Trinajstić information content (AvgIpc) is 2.64. The van der Waals surface area contributed by atoms with Gasteiger partial charge in [-0.05, 0) is 42.0 Å². The van der Waals surface area contributed by atoms with Crippen LogP contribution in [-0.4, -0.2) is 18.2 Å². The van der Waals surface area contributed by atoms with E-state index in [2.05, 4.69) is 10.5 Å². The number of carbonyl (C=O) groups excluding carboxylic acids is 1. The highest BCUT2D eigenvalue weighted by molar-refractivity contribution is 5.99. The predicted octanol–water partition coefficient (Wildman–Crippen LogP) is 3.90. The Labute approximate surface area is 144 Å². The van der Waals surface area contributed by atoms with Crippen LogP contribution in [0.2, 0.25) is 0 Å². The first-order valence-corrected chi connectivity index (χ1v) is 7.82. The molecule has 0 fully saturated rings. The number of hydrazone groups is 1. The third-order valence-corrected chi connectivity index (χ3v) is 3.68. The second kappa shape index (κ2) is 7.57. The zero-order valence-electron chi connectivity index (χ0n) is 13.7. The zero-order valence-corrected chi connectivity index (χ0v) is 13.7. The Morgan fingerprint density at radius 1 is 1.04 bits per heavy atom. The summed E-state index contributed by atoms with van der Waals surface area (Å²) in [6.07, 6.45) is 0. The molecule has 0 aromatic heterocycles. The summed E-state index contributed by atoms with van der Waals surface area (Å²) >= 11 is 0. The minimum Gasteiger partial charge on any atom is -0.484 e. The van der Waals surface area contributed by atoms with Gasteiger partial charge in [-0.15, -0.1) is 0 Å². The number of ether oxygens (including phenoxy) is 1. The standard InChI is InChI=1S/C20H17FN2O2/c1-14(16-7-4-8-18(21)11-16)22-23-20(24)13-25-19-10-9-15-5-2-3-6-17(15)12-19/h2-12H,13H2,1H3,(H,23,24)/b22-14+. The Bertz CT molecular complexity index is 938. The molecule has 0 aliphatic carbocycles. The van der Waals surface area contributed by atoms with Crippen molar-refractivity contribution in [3.05, 3.63) is 78.1 Å². The van der Waals surface area contributed by atoms with Crippen LogP contribution in [0.3, 0.4) is 0 Å². The predicted molar refractivity (Wildman–Crippen MR) is 96.2 cm³/mol. The number of nitrogens with one attached hydrogen (secondary N) is 1. The highest BCUT2D eigenvalue weighted by Gasteiger charge is 2.04. The lowest BCUT2D eigenvalue weighted by molar-refractivity contribution is -0.123. The Hall–Kier alpha value is -3.21. The summed E-state index contributed by atoms with van der Waals surface area (Å²) in [5.41, 5.74) is 3.53. The summed E-state index contributed by atoms with van der Waals surface area (Å²) < 4.78 is 18.7. The highest BCUT2D eigenvalue weighted by Crippen LogP contribution is 2.20. The summed E-state index contributed by atoms with van der Waals surface area (Å²) in [6.45, 7) is 1.54.